The average molecular weight is 238 g/mol. The van der Waals surface area contributed by atoms with Gasteiger partial charge in [-0.3, -0.25) is 0 Å². The number of benzene rings is 2. The molecule has 18 heavy (non-hydrogen) atoms. The molecule has 0 saturated heterocycles. The van der Waals surface area contributed by atoms with Crippen molar-refractivity contribution in [1.29, 1.82) is 0 Å². The summed E-state index contributed by atoms with van der Waals surface area (Å²) in [6, 6.07) is 9.14. The summed E-state index contributed by atoms with van der Waals surface area (Å²) in [5.41, 5.74) is 2.01. The second-order valence-electron chi connectivity index (χ2n) is 3.74. The number of aliphatic imine (C=N–C) groups is 2. The van der Waals surface area contributed by atoms with Crippen molar-refractivity contribution >= 4 is 34.3 Å². The van der Waals surface area contributed by atoms with Crippen LogP contribution in [0.3, 0.4) is 0 Å². The van der Waals surface area contributed by atoms with Crippen LogP contribution in [0.25, 0.3) is 10.8 Å². The van der Waals surface area contributed by atoms with E-state index in [1.54, 1.807) is 12.1 Å². The molecule has 0 spiro atoms. The molecule has 0 bridgehead atoms. The lowest BCUT2D eigenvalue weighted by Gasteiger charge is -2.06. The zero-order valence-corrected chi connectivity index (χ0v) is 9.80. The molecule has 0 unspecified atom stereocenters. The van der Waals surface area contributed by atoms with E-state index in [0.717, 1.165) is 22.8 Å². The Morgan fingerprint density at radius 2 is 1.83 bits per heavy atom. The number of aryl methyl sites for hydroxylation is 1. The Kier molecular flexibility index (Phi) is 3.44. The first-order chi connectivity index (χ1) is 8.80. The first-order valence-corrected chi connectivity index (χ1v) is 5.51. The van der Waals surface area contributed by atoms with Gasteiger partial charge in [-0.25, -0.2) is 9.59 Å². The van der Waals surface area contributed by atoms with E-state index in [4.69, 9.17) is 0 Å². The fraction of sp³-hybridized carbons (Fsp3) is 0.143. The van der Waals surface area contributed by atoms with Crippen LogP contribution in [0.15, 0.2) is 40.3 Å². The van der Waals surface area contributed by atoms with Crippen LogP contribution in [0.1, 0.15) is 12.5 Å². The van der Waals surface area contributed by atoms with Crippen molar-refractivity contribution < 1.29 is 9.59 Å². The summed E-state index contributed by atoms with van der Waals surface area (Å²) in [4.78, 5) is 28.0. The van der Waals surface area contributed by atoms with Crippen molar-refractivity contribution in [3.63, 3.8) is 0 Å². The molecule has 0 fully saturated rings. The third kappa shape index (κ3) is 2.11. The molecule has 0 amide bonds. The van der Waals surface area contributed by atoms with Crippen LogP contribution in [-0.4, -0.2) is 12.2 Å². The van der Waals surface area contributed by atoms with Crippen LogP contribution in [0.5, 0.6) is 0 Å². The monoisotopic (exact) mass is 238 g/mol. The van der Waals surface area contributed by atoms with E-state index in [9.17, 15) is 9.59 Å². The predicted molar refractivity (Wildman–Crippen MR) is 68.9 cm³/mol. The number of nitrogens with zero attached hydrogens (tertiary/aromatic N) is 2. The first-order valence-electron chi connectivity index (χ1n) is 5.51. The largest absolute Gasteiger partial charge is 0.240 e. The fourth-order valence-electron chi connectivity index (χ4n) is 1.98. The van der Waals surface area contributed by atoms with Crippen molar-refractivity contribution in [2.75, 3.05) is 0 Å². The summed E-state index contributed by atoms with van der Waals surface area (Å²) >= 11 is 0. The molecule has 2 aromatic carbocycles. The normalized spacial score (nSPS) is 9.61. The molecule has 4 heteroatoms. The smallest absolute Gasteiger partial charge is 0.211 e. The lowest BCUT2D eigenvalue weighted by Crippen LogP contribution is -1.84. The molecular weight excluding hydrogens is 228 g/mol. The van der Waals surface area contributed by atoms with E-state index in [2.05, 4.69) is 9.98 Å². The van der Waals surface area contributed by atoms with Crippen molar-refractivity contribution in [2.45, 2.75) is 13.3 Å². The molecule has 2 rings (SSSR count). The Bertz CT molecular complexity index is 694. The highest BCUT2D eigenvalue weighted by atomic mass is 16.1. The Morgan fingerprint density at radius 1 is 1.06 bits per heavy atom. The minimum absolute atomic E-state index is 0.437. The van der Waals surface area contributed by atoms with Gasteiger partial charge < -0.3 is 0 Å². The van der Waals surface area contributed by atoms with E-state index in [1.165, 1.54) is 12.2 Å². The van der Waals surface area contributed by atoms with Crippen LogP contribution in [0.4, 0.5) is 11.4 Å². The molecular formula is C14H10N2O2. The Hall–Kier alpha value is -2.54. The Labute approximate surface area is 104 Å². The van der Waals surface area contributed by atoms with E-state index in [0.29, 0.717) is 11.4 Å². The molecule has 0 saturated carbocycles. The van der Waals surface area contributed by atoms with Gasteiger partial charge in [-0.15, -0.1) is 0 Å². The average Bonchev–Trinajstić information content (AvgIpc) is 2.39. The van der Waals surface area contributed by atoms with E-state index >= 15 is 0 Å². The van der Waals surface area contributed by atoms with Crippen molar-refractivity contribution in [3.8, 4) is 0 Å². The zero-order valence-electron chi connectivity index (χ0n) is 9.80. The molecule has 2 aromatic rings. The quantitative estimate of drug-likeness (QED) is 0.608. The second kappa shape index (κ2) is 5.19. The first kappa shape index (κ1) is 11.9. The van der Waals surface area contributed by atoms with E-state index in [1.807, 2.05) is 25.1 Å². The SMILES string of the molecule is CCc1cccc2c(N=C=O)cc(N=C=O)cc12. The van der Waals surface area contributed by atoms with Gasteiger partial charge in [0.15, 0.2) is 0 Å². The Balaban J connectivity index is 2.88. The maximum Gasteiger partial charge on any atom is 0.240 e. The molecule has 0 heterocycles. The minimum atomic E-state index is 0.437. The zero-order chi connectivity index (χ0) is 13.0. The van der Waals surface area contributed by atoms with Crippen LogP contribution >= 0.6 is 0 Å². The summed E-state index contributed by atoms with van der Waals surface area (Å²) in [6.07, 6.45) is 3.85. The lowest BCUT2D eigenvalue weighted by molar-refractivity contribution is 0.565. The second-order valence-corrected chi connectivity index (χ2v) is 3.74. The molecule has 0 aliphatic rings. The predicted octanol–water partition coefficient (Wildman–Crippen LogP) is 3.34. The summed E-state index contributed by atoms with van der Waals surface area (Å²) in [5.74, 6) is 0. The van der Waals surface area contributed by atoms with Crippen molar-refractivity contribution in [1.82, 2.24) is 0 Å². The number of hydrogen-bond donors (Lipinski definition) is 0. The summed E-state index contributed by atoms with van der Waals surface area (Å²) < 4.78 is 0. The van der Waals surface area contributed by atoms with Crippen molar-refractivity contribution in [3.05, 3.63) is 35.9 Å². The van der Waals surface area contributed by atoms with Gasteiger partial charge in [0.1, 0.15) is 0 Å². The minimum Gasteiger partial charge on any atom is -0.211 e. The van der Waals surface area contributed by atoms with Gasteiger partial charge in [-0.05, 0) is 29.5 Å². The van der Waals surface area contributed by atoms with Crippen LogP contribution in [0, 0.1) is 0 Å². The standard InChI is InChI=1S/C14H10N2O2/c1-2-10-4-3-5-12-13(10)6-11(15-8-17)7-14(12)16-9-18/h3-7H,2H2,1H3. The van der Waals surface area contributed by atoms with Gasteiger partial charge in [0, 0.05) is 5.39 Å². The van der Waals surface area contributed by atoms with Gasteiger partial charge in [0.25, 0.3) is 0 Å². The molecule has 0 atom stereocenters. The number of fused-ring (bicyclic) bond motifs is 1. The molecule has 4 nitrogen and oxygen atoms in total. The molecule has 0 radical (unpaired) electrons. The molecule has 0 N–H and O–H groups in total. The fourth-order valence-corrected chi connectivity index (χ4v) is 1.98. The third-order valence-corrected chi connectivity index (χ3v) is 2.77. The van der Waals surface area contributed by atoms with Crippen molar-refractivity contribution in [2.24, 2.45) is 9.98 Å². The van der Waals surface area contributed by atoms with Gasteiger partial charge >= 0.3 is 0 Å². The summed E-state index contributed by atoms with van der Waals surface area (Å²) in [6.45, 7) is 2.03. The third-order valence-electron chi connectivity index (χ3n) is 2.77. The number of rotatable bonds is 3. The number of carbonyl (C=O) groups excluding carboxylic acids is 2. The van der Waals surface area contributed by atoms with Gasteiger partial charge in [0.05, 0.1) is 11.4 Å². The summed E-state index contributed by atoms with van der Waals surface area (Å²) in [7, 11) is 0. The van der Waals surface area contributed by atoms with Crippen LogP contribution < -0.4 is 0 Å². The summed E-state index contributed by atoms with van der Waals surface area (Å²) in [5, 5.41) is 1.79. The highest BCUT2D eigenvalue weighted by Gasteiger charge is 2.06. The highest BCUT2D eigenvalue weighted by Crippen LogP contribution is 2.33. The number of hydrogen-bond acceptors (Lipinski definition) is 4. The topological polar surface area (TPSA) is 58.9 Å². The highest BCUT2D eigenvalue weighted by molar-refractivity contribution is 5.98. The molecule has 0 aliphatic carbocycles. The number of isocyanates is 2. The van der Waals surface area contributed by atoms with Gasteiger partial charge in [-0.2, -0.15) is 9.98 Å². The van der Waals surface area contributed by atoms with Crippen LogP contribution in [-0.2, 0) is 16.0 Å². The van der Waals surface area contributed by atoms with E-state index < -0.39 is 0 Å². The lowest BCUT2D eigenvalue weighted by atomic mass is 10.0. The molecule has 0 aliphatic heterocycles. The molecule has 0 aromatic heterocycles. The maximum atomic E-state index is 10.4. The van der Waals surface area contributed by atoms with Gasteiger partial charge in [-0.1, -0.05) is 25.1 Å². The van der Waals surface area contributed by atoms with Gasteiger partial charge in [0.2, 0.25) is 12.2 Å². The van der Waals surface area contributed by atoms with Crippen LogP contribution in [0.2, 0.25) is 0 Å². The Morgan fingerprint density at radius 3 is 2.50 bits per heavy atom. The van der Waals surface area contributed by atoms with E-state index in [-0.39, 0.29) is 0 Å². The maximum absolute atomic E-state index is 10.4. The molecule has 88 valence electrons.